The molecule has 0 unspecified atom stereocenters. The fourth-order valence-electron chi connectivity index (χ4n) is 1.24. The van der Waals surface area contributed by atoms with E-state index in [2.05, 4.69) is 5.32 Å². The minimum Gasteiger partial charge on any atom is -0.493 e. The number of ether oxygens (including phenoxy) is 2. The second-order valence-corrected chi connectivity index (χ2v) is 3.27. The van der Waals surface area contributed by atoms with Crippen LogP contribution in [-0.2, 0) is 4.79 Å². The van der Waals surface area contributed by atoms with Crippen LogP contribution in [0.2, 0.25) is 0 Å². The predicted molar refractivity (Wildman–Crippen MR) is 60.3 cm³/mol. The fourth-order valence-corrected chi connectivity index (χ4v) is 1.24. The number of nitrogens with one attached hydrogen (secondary N) is 1. The number of rotatable bonds is 5. The Morgan fingerprint density at radius 2 is 1.94 bits per heavy atom. The lowest BCUT2D eigenvalue weighted by Crippen LogP contribution is -2.25. The molecule has 0 heterocycles. The van der Waals surface area contributed by atoms with Crippen molar-refractivity contribution in [2.24, 2.45) is 0 Å². The van der Waals surface area contributed by atoms with Crippen LogP contribution in [0, 0.1) is 0 Å². The third-order valence-electron chi connectivity index (χ3n) is 2.14. The molecule has 5 nitrogen and oxygen atoms in total. The van der Waals surface area contributed by atoms with Crippen LogP contribution >= 0.6 is 0 Å². The molecule has 0 saturated heterocycles. The first-order valence-corrected chi connectivity index (χ1v) is 4.80. The van der Waals surface area contributed by atoms with Gasteiger partial charge in [-0.1, -0.05) is 0 Å². The summed E-state index contributed by atoms with van der Waals surface area (Å²) in [5.74, 6) is 0.260. The predicted octanol–water partition coefficient (Wildman–Crippen LogP) is 1.59. The van der Waals surface area contributed by atoms with Crippen LogP contribution in [0.25, 0.3) is 0 Å². The molecule has 1 aromatic carbocycles. The molecule has 0 radical (unpaired) electrons. The summed E-state index contributed by atoms with van der Waals surface area (Å²) in [7, 11) is 3.08. The van der Waals surface area contributed by atoms with Crippen LogP contribution in [-0.4, -0.2) is 31.3 Å². The molecule has 0 bridgehead atoms. The lowest BCUT2D eigenvalue weighted by atomic mass is 10.2. The van der Waals surface area contributed by atoms with Crippen molar-refractivity contribution in [3.8, 4) is 11.5 Å². The van der Waals surface area contributed by atoms with Crippen molar-refractivity contribution in [2.45, 2.75) is 13.0 Å². The van der Waals surface area contributed by atoms with Crippen LogP contribution in [0.3, 0.4) is 0 Å². The average Bonchev–Trinajstić information content (AvgIpc) is 2.28. The molecule has 1 aromatic rings. The molecule has 0 amide bonds. The van der Waals surface area contributed by atoms with E-state index in [1.807, 2.05) is 0 Å². The Balaban J connectivity index is 2.86. The lowest BCUT2D eigenvalue weighted by molar-refractivity contribution is -0.137. The number of anilines is 1. The van der Waals surface area contributed by atoms with Gasteiger partial charge in [-0.25, -0.2) is 0 Å². The molecule has 0 fully saturated rings. The summed E-state index contributed by atoms with van der Waals surface area (Å²) >= 11 is 0. The van der Waals surface area contributed by atoms with Crippen molar-refractivity contribution >= 4 is 11.7 Å². The van der Waals surface area contributed by atoms with Gasteiger partial charge in [-0.05, 0) is 19.1 Å². The highest BCUT2D eigenvalue weighted by atomic mass is 16.5. The maximum absolute atomic E-state index is 10.7. The molecular formula is C11H15NO4. The number of benzene rings is 1. The van der Waals surface area contributed by atoms with E-state index in [0.29, 0.717) is 17.2 Å². The van der Waals surface area contributed by atoms with Crippen molar-refractivity contribution in [3.63, 3.8) is 0 Å². The number of carboxylic acid groups (broad SMARTS) is 1. The first kappa shape index (κ1) is 12.2. The minimum absolute atomic E-state index is 0.560. The van der Waals surface area contributed by atoms with Crippen LogP contribution in [0.4, 0.5) is 5.69 Å². The molecule has 16 heavy (non-hydrogen) atoms. The van der Waals surface area contributed by atoms with Gasteiger partial charge in [0, 0.05) is 11.8 Å². The summed E-state index contributed by atoms with van der Waals surface area (Å²) in [6.07, 6.45) is 0. The molecule has 0 saturated carbocycles. The molecule has 5 heteroatoms. The van der Waals surface area contributed by atoms with Gasteiger partial charge in [-0.2, -0.15) is 0 Å². The Bertz CT molecular complexity index is 378. The summed E-state index contributed by atoms with van der Waals surface area (Å²) in [4.78, 5) is 10.7. The fraction of sp³-hybridized carbons (Fsp3) is 0.364. The first-order chi connectivity index (χ1) is 7.58. The second-order valence-electron chi connectivity index (χ2n) is 3.27. The van der Waals surface area contributed by atoms with Gasteiger partial charge in [0.2, 0.25) is 0 Å². The molecule has 1 rings (SSSR count). The summed E-state index contributed by atoms with van der Waals surface area (Å²) in [6.45, 7) is 1.57. The van der Waals surface area contributed by atoms with Crippen molar-refractivity contribution in [1.29, 1.82) is 0 Å². The Kier molecular flexibility index (Phi) is 3.99. The molecular weight excluding hydrogens is 210 g/mol. The zero-order valence-electron chi connectivity index (χ0n) is 9.48. The van der Waals surface area contributed by atoms with Crippen LogP contribution in [0.1, 0.15) is 6.92 Å². The van der Waals surface area contributed by atoms with E-state index in [0.717, 1.165) is 0 Å². The summed E-state index contributed by atoms with van der Waals surface area (Å²) in [5, 5.41) is 11.6. The summed E-state index contributed by atoms with van der Waals surface area (Å²) in [6, 6.07) is 4.49. The van der Waals surface area contributed by atoms with E-state index < -0.39 is 12.0 Å². The number of hydrogen-bond acceptors (Lipinski definition) is 4. The molecule has 0 aromatic heterocycles. The molecule has 0 aliphatic rings. The largest absolute Gasteiger partial charge is 0.493 e. The van der Waals surface area contributed by atoms with Gasteiger partial charge in [0.05, 0.1) is 14.2 Å². The number of hydrogen-bond donors (Lipinski definition) is 2. The van der Waals surface area contributed by atoms with Crippen LogP contribution < -0.4 is 14.8 Å². The Morgan fingerprint density at radius 3 is 2.44 bits per heavy atom. The highest BCUT2D eigenvalue weighted by Gasteiger charge is 2.11. The SMILES string of the molecule is COc1ccc(N[C@@H](C)C(=O)O)cc1OC. The lowest BCUT2D eigenvalue weighted by Gasteiger charge is -2.13. The van der Waals surface area contributed by atoms with E-state index in [-0.39, 0.29) is 0 Å². The Hall–Kier alpha value is -1.91. The van der Waals surface area contributed by atoms with Gasteiger partial charge in [0.25, 0.3) is 0 Å². The standard InChI is InChI=1S/C11H15NO4/c1-7(11(13)14)12-8-4-5-9(15-2)10(6-8)16-3/h4-7,12H,1-3H3,(H,13,14)/t7-/m0/s1. The number of methoxy groups -OCH3 is 2. The van der Waals surface area contributed by atoms with Gasteiger partial charge in [-0.3, -0.25) is 4.79 Å². The normalized spacial score (nSPS) is 11.7. The topological polar surface area (TPSA) is 67.8 Å². The monoisotopic (exact) mass is 225 g/mol. The molecule has 1 atom stereocenters. The Morgan fingerprint density at radius 1 is 1.31 bits per heavy atom. The summed E-state index contributed by atoms with van der Waals surface area (Å²) < 4.78 is 10.2. The first-order valence-electron chi connectivity index (χ1n) is 4.80. The van der Waals surface area contributed by atoms with E-state index >= 15 is 0 Å². The molecule has 88 valence electrons. The minimum atomic E-state index is -0.908. The van der Waals surface area contributed by atoms with Crippen molar-refractivity contribution in [3.05, 3.63) is 18.2 Å². The summed E-state index contributed by atoms with van der Waals surface area (Å²) in [5.41, 5.74) is 0.674. The van der Waals surface area contributed by atoms with Crippen LogP contribution in [0.15, 0.2) is 18.2 Å². The number of carboxylic acids is 1. The number of carbonyl (C=O) groups is 1. The highest BCUT2D eigenvalue weighted by molar-refractivity contribution is 5.77. The smallest absolute Gasteiger partial charge is 0.325 e. The van der Waals surface area contributed by atoms with Gasteiger partial charge in [0.1, 0.15) is 6.04 Å². The third-order valence-corrected chi connectivity index (χ3v) is 2.14. The molecule has 0 spiro atoms. The van der Waals surface area contributed by atoms with Gasteiger partial charge >= 0.3 is 5.97 Å². The average molecular weight is 225 g/mol. The quantitative estimate of drug-likeness (QED) is 0.796. The van der Waals surface area contributed by atoms with Crippen molar-refractivity contribution < 1.29 is 19.4 Å². The maximum atomic E-state index is 10.7. The number of aliphatic carboxylic acids is 1. The third kappa shape index (κ3) is 2.79. The van der Waals surface area contributed by atoms with Gasteiger partial charge in [0.15, 0.2) is 11.5 Å². The zero-order valence-corrected chi connectivity index (χ0v) is 9.48. The van der Waals surface area contributed by atoms with Gasteiger partial charge < -0.3 is 19.9 Å². The van der Waals surface area contributed by atoms with Crippen LogP contribution in [0.5, 0.6) is 11.5 Å². The van der Waals surface area contributed by atoms with E-state index in [1.54, 1.807) is 32.2 Å². The zero-order chi connectivity index (χ0) is 12.1. The van der Waals surface area contributed by atoms with Crippen molar-refractivity contribution in [2.75, 3.05) is 19.5 Å². The van der Waals surface area contributed by atoms with E-state index in [9.17, 15) is 4.79 Å². The molecule has 0 aliphatic carbocycles. The highest BCUT2D eigenvalue weighted by Crippen LogP contribution is 2.29. The van der Waals surface area contributed by atoms with Crippen molar-refractivity contribution in [1.82, 2.24) is 0 Å². The van der Waals surface area contributed by atoms with Gasteiger partial charge in [-0.15, -0.1) is 0 Å². The molecule has 0 aliphatic heterocycles. The molecule has 2 N–H and O–H groups in total. The maximum Gasteiger partial charge on any atom is 0.325 e. The van der Waals surface area contributed by atoms with E-state index in [1.165, 1.54) is 7.11 Å². The second kappa shape index (κ2) is 5.25. The van der Waals surface area contributed by atoms with E-state index in [4.69, 9.17) is 14.6 Å². The Labute approximate surface area is 94.0 Å².